The lowest BCUT2D eigenvalue weighted by molar-refractivity contribution is 0.112. The predicted octanol–water partition coefficient (Wildman–Crippen LogP) is 2.67. The summed E-state index contributed by atoms with van der Waals surface area (Å²) in [5.74, 6) is 6.40. The van der Waals surface area contributed by atoms with E-state index in [0.29, 0.717) is 16.5 Å². The summed E-state index contributed by atoms with van der Waals surface area (Å²) in [5.41, 5.74) is 0.796. The van der Waals surface area contributed by atoms with Gasteiger partial charge in [0.2, 0.25) is 0 Å². The number of nitrogens with two attached hydrogens (primary N) is 1. The zero-order valence-corrected chi connectivity index (χ0v) is 10.5. The van der Waals surface area contributed by atoms with Gasteiger partial charge in [-0.15, -0.1) is 0 Å². The summed E-state index contributed by atoms with van der Waals surface area (Å²) in [6, 6.07) is 3.55. The normalized spacial score (nSPS) is 15.5. The molecule has 1 aliphatic rings. The highest BCUT2D eigenvalue weighted by molar-refractivity contribution is 6.31. The molecule has 0 aromatic heterocycles. The first-order chi connectivity index (χ1) is 8.24. The minimum atomic E-state index is 0.254. The summed E-state index contributed by atoms with van der Waals surface area (Å²) in [7, 11) is 1.60. The van der Waals surface area contributed by atoms with Gasteiger partial charge < -0.3 is 9.47 Å². The van der Waals surface area contributed by atoms with E-state index < -0.39 is 0 Å². The molecule has 0 unspecified atom stereocenters. The van der Waals surface area contributed by atoms with Crippen molar-refractivity contribution in [3.8, 4) is 11.5 Å². The van der Waals surface area contributed by atoms with Gasteiger partial charge in [-0.3, -0.25) is 4.84 Å². The lowest BCUT2D eigenvalue weighted by Crippen LogP contribution is -2.24. The van der Waals surface area contributed by atoms with Crippen LogP contribution in [0, 0.1) is 0 Å². The standard InChI is InChI=1S/C12H16ClNO3/c1-15-11-6-10(13)8(7-16-14)5-12(11)17-9-3-2-4-9/h5-6,9H,2-4,7,14H2,1H3. The van der Waals surface area contributed by atoms with Crippen LogP contribution in [-0.2, 0) is 11.4 Å². The van der Waals surface area contributed by atoms with Crippen molar-refractivity contribution in [3.05, 3.63) is 22.7 Å². The number of hydrogen-bond donors (Lipinski definition) is 1. The van der Waals surface area contributed by atoms with Crippen LogP contribution in [0.5, 0.6) is 11.5 Å². The smallest absolute Gasteiger partial charge is 0.162 e. The minimum absolute atomic E-state index is 0.254. The van der Waals surface area contributed by atoms with Crippen LogP contribution >= 0.6 is 11.6 Å². The van der Waals surface area contributed by atoms with E-state index >= 15 is 0 Å². The molecule has 1 aromatic carbocycles. The van der Waals surface area contributed by atoms with E-state index in [4.69, 9.17) is 27.0 Å². The molecule has 0 saturated heterocycles. The van der Waals surface area contributed by atoms with E-state index in [9.17, 15) is 0 Å². The van der Waals surface area contributed by atoms with Gasteiger partial charge in [-0.25, -0.2) is 5.90 Å². The molecule has 17 heavy (non-hydrogen) atoms. The SMILES string of the molecule is COc1cc(Cl)c(CON)cc1OC1CCC1. The molecule has 94 valence electrons. The van der Waals surface area contributed by atoms with Gasteiger partial charge in [0.05, 0.1) is 24.8 Å². The van der Waals surface area contributed by atoms with Crippen LogP contribution in [0.2, 0.25) is 5.02 Å². The van der Waals surface area contributed by atoms with Crippen molar-refractivity contribution in [2.75, 3.05) is 7.11 Å². The fraction of sp³-hybridized carbons (Fsp3) is 0.500. The monoisotopic (exact) mass is 257 g/mol. The predicted molar refractivity (Wildman–Crippen MR) is 65.2 cm³/mol. The molecule has 2 rings (SSSR count). The minimum Gasteiger partial charge on any atom is -0.493 e. The fourth-order valence-electron chi connectivity index (χ4n) is 1.70. The third-order valence-electron chi connectivity index (χ3n) is 2.92. The highest BCUT2D eigenvalue weighted by Gasteiger charge is 2.21. The van der Waals surface area contributed by atoms with Crippen LogP contribution in [0.1, 0.15) is 24.8 Å². The quantitative estimate of drug-likeness (QED) is 0.824. The largest absolute Gasteiger partial charge is 0.493 e. The summed E-state index contributed by atoms with van der Waals surface area (Å²) in [5, 5.41) is 0.563. The van der Waals surface area contributed by atoms with Gasteiger partial charge in [0, 0.05) is 11.6 Å². The van der Waals surface area contributed by atoms with E-state index in [0.717, 1.165) is 18.4 Å². The molecule has 0 aliphatic heterocycles. The maximum atomic E-state index is 6.07. The van der Waals surface area contributed by atoms with Gasteiger partial charge in [0.1, 0.15) is 0 Å². The lowest BCUT2D eigenvalue weighted by Gasteiger charge is -2.27. The summed E-state index contributed by atoms with van der Waals surface area (Å²) in [6.07, 6.45) is 3.69. The molecule has 5 heteroatoms. The van der Waals surface area contributed by atoms with Crippen LogP contribution in [-0.4, -0.2) is 13.2 Å². The van der Waals surface area contributed by atoms with Gasteiger partial charge in [-0.1, -0.05) is 11.6 Å². The average molecular weight is 258 g/mol. The molecule has 1 aliphatic carbocycles. The molecular formula is C12H16ClNO3. The first-order valence-electron chi connectivity index (χ1n) is 5.59. The Morgan fingerprint density at radius 1 is 1.35 bits per heavy atom. The Labute approximate surface area is 106 Å². The first kappa shape index (κ1) is 12.5. The molecule has 1 fully saturated rings. The molecule has 0 amide bonds. The third-order valence-corrected chi connectivity index (χ3v) is 3.27. The van der Waals surface area contributed by atoms with Crippen molar-refractivity contribution in [2.24, 2.45) is 5.90 Å². The van der Waals surface area contributed by atoms with Crippen LogP contribution in [0.3, 0.4) is 0 Å². The fourth-order valence-corrected chi connectivity index (χ4v) is 1.91. The third kappa shape index (κ3) is 2.83. The van der Waals surface area contributed by atoms with Crippen molar-refractivity contribution in [3.63, 3.8) is 0 Å². The molecule has 0 atom stereocenters. The Morgan fingerprint density at radius 2 is 2.12 bits per heavy atom. The number of benzene rings is 1. The highest BCUT2D eigenvalue weighted by atomic mass is 35.5. The van der Waals surface area contributed by atoms with Crippen LogP contribution in [0.4, 0.5) is 0 Å². The summed E-state index contributed by atoms with van der Waals surface area (Å²) >= 11 is 6.07. The lowest BCUT2D eigenvalue weighted by atomic mass is 9.96. The van der Waals surface area contributed by atoms with E-state index in [1.165, 1.54) is 6.42 Å². The number of ether oxygens (including phenoxy) is 2. The second kappa shape index (κ2) is 5.58. The molecule has 1 aromatic rings. The van der Waals surface area contributed by atoms with Crippen molar-refractivity contribution in [2.45, 2.75) is 32.0 Å². The maximum Gasteiger partial charge on any atom is 0.162 e. The van der Waals surface area contributed by atoms with E-state index in [1.807, 2.05) is 6.07 Å². The Hall–Kier alpha value is -0.970. The summed E-state index contributed by atoms with van der Waals surface area (Å²) in [4.78, 5) is 4.60. The van der Waals surface area contributed by atoms with Crippen LogP contribution < -0.4 is 15.4 Å². The summed E-state index contributed by atoms with van der Waals surface area (Å²) in [6.45, 7) is 0.254. The molecule has 2 N–H and O–H groups in total. The van der Waals surface area contributed by atoms with Crippen LogP contribution in [0.25, 0.3) is 0 Å². The van der Waals surface area contributed by atoms with Gasteiger partial charge in [0.15, 0.2) is 11.5 Å². The van der Waals surface area contributed by atoms with Crippen molar-refractivity contribution >= 4 is 11.6 Å². The molecule has 0 bridgehead atoms. The molecule has 0 radical (unpaired) electrons. The van der Waals surface area contributed by atoms with Crippen molar-refractivity contribution in [1.82, 2.24) is 0 Å². The highest BCUT2D eigenvalue weighted by Crippen LogP contribution is 2.36. The first-order valence-corrected chi connectivity index (χ1v) is 5.97. The van der Waals surface area contributed by atoms with Gasteiger partial charge in [-0.05, 0) is 25.3 Å². The zero-order valence-electron chi connectivity index (χ0n) is 9.74. The van der Waals surface area contributed by atoms with Crippen LogP contribution in [0.15, 0.2) is 12.1 Å². The molecule has 4 nitrogen and oxygen atoms in total. The van der Waals surface area contributed by atoms with E-state index in [2.05, 4.69) is 4.84 Å². The Balaban J connectivity index is 2.22. The number of hydrogen-bond acceptors (Lipinski definition) is 4. The van der Waals surface area contributed by atoms with Gasteiger partial charge in [0.25, 0.3) is 0 Å². The van der Waals surface area contributed by atoms with Gasteiger partial charge in [-0.2, -0.15) is 0 Å². The molecule has 1 saturated carbocycles. The Morgan fingerprint density at radius 3 is 2.65 bits per heavy atom. The molecule has 0 spiro atoms. The zero-order chi connectivity index (χ0) is 12.3. The van der Waals surface area contributed by atoms with Crippen molar-refractivity contribution in [1.29, 1.82) is 0 Å². The summed E-state index contributed by atoms with van der Waals surface area (Å²) < 4.78 is 11.1. The Bertz CT molecular complexity index is 394. The maximum absolute atomic E-state index is 6.07. The second-order valence-electron chi connectivity index (χ2n) is 4.08. The number of halogens is 1. The van der Waals surface area contributed by atoms with Gasteiger partial charge >= 0.3 is 0 Å². The molecular weight excluding hydrogens is 242 g/mol. The average Bonchev–Trinajstić information content (AvgIpc) is 2.27. The topological polar surface area (TPSA) is 53.7 Å². The number of methoxy groups -OCH3 is 1. The van der Waals surface area contributed by atoms with E-state index in [1.54, 1.807) is 13.2 Å². The number of rotatable bonds is 5. The van der Waals surface area contributed by atoms with E-state index in [-0.39, 0.29) is 12.7 Å². The van der Waals surface area contributed by atoms with Crippen molar-refractivity contribution < 1.29 is 14.3 Å². The second-order valence-corrected chi connectivity index (χ2v) is 4.48. The molecule has 0 heterocycles. The Kier molecular flexibility index (Phi) is 4.10.